The number of carbonyl (C=O) groups excluding carboxylic acids is 2. The molecule has 7 heteroatoms. The number of nitrogens with zero attached hydrogens (tertiary/aromatic N) is 2. The number of aliphatic carboxylic acids is 1. The first-order chi connectivity index (χ1) is 9.54. The lowest BCUT2D eigenvalue weighted by Crippen LogP contribution is -2.44. The van der Waals surface area contributed by atoms with Crippen LogP contribution in [0.5, 0.6) is 0 Å². The van der Waals surface area contributed by atoms with Crippen LogP contribution in [-0.2, 0) is 19.1 Å². The minimum absolute atomic E-state index is 0.0635. The van der Waals surface area contributed by atoms with Gasteiger partial charge in [-0.15, -0.1) is 0 Å². The van der Waals surface area contributed by atoms with Gasteiger partial charge in [-0.05, 0) is 12.8 Å². The summed E-state index contributed by atoms with van der Waals surface area (Å²) >= 11 is 0. The molecule has 112 valence electrons. The molecule has 0 radical (unpaired) electrons. The third kappa shape index (κ3) is 2.92. The molecule has 0 saturated carbocycles. The van der Waals surface area contributed by atoms with Gasteiger partial charge in [-0.25, -0.2) is 4.79 Å². The van der Waals surface area contributed by atoms with Crippen LogP contribution in [-0.4, -0.2) is 72.1 Å². The number of amides is 2. The van der Waals surface area contributed by atoms with E-state index in [4.69, 9.17) is 9.84 Å². The lowest BCUT2D eigenvalue weighted by atomic mass is 10.1. The molecule has 2 rings (SSSR count). The molecule has 1 unspecified atom stereocenters. The van der Waals surface area contributed by atoms with Gasteiger partial charge >= 0.3 is 5.97 Å². The highest BCUT2D eigenvalue weighted by Gasteiger charge is 2.41. The van der Waals surface area contributed by atoms with Gasteiger partial charge in [0.15, 0.2) is 0 Å². The van der Waals surface area contributed by atoms with Crippen LogP contribution in [0.3, 0.4) is 0 Å². The van der Waals surface area contributed by atoms with Crippen molar-refractivity contribution in [1.29, 1.82) is 0 Å². The van der Waals surface area contributed by atoms with Crippen molar-refractivity contribution < 1.29 is 24.2 Å². The van der Waals surface area contributed by atoms with E-state index in [1.54, 1.807) is 12.0 Å². The minimum atomic E-state index is -0.962. The number of carboxylic acid groups (broad SMARTS) is 1. The van der Waals surface area contributed by atoms with Gasteiger partial charge in [0.25, 0.3) is 0 Å². The second-order valence-electron chi connectivity index (χ2n) is 5.26. The van der Waals surface area contributed by atoms with Crippen molar-refractivity contribution in [3.63, 3.8) is 0 Å². The van der Waals surface area contributed by atoms with Gasteiger partial charge in [-0.1, -0.05) is 0 Å². The summed E-state index contributed by atoms with van der Waals surface area (Å²) in [4.78, 5) is 38.3. The van der Waals surface area contributed by atoms with Gasteiger partial charge in [0.05, 0.1) is 12.5 Å². The number of rotatable bonds is 5. The summed E-state index contributed by atoms with van der Waals surface area (Å²) in [5.41, 5.74) is 0. The molecule has 20 heavy (non-hydrogen) atoms. The Balaban J connectivity index is 1.96. The highest BCUT2D eigenvalue weighted by Crippen LogP contribution is 2.25. The maximum Gasteiger partial charge on any atom is 0.326 e. The maximum atomic E-state index is 12.4. The smallest absolute Gasteiger partial charge is 0.326 e. The number of likely N-dealkylation sites (tertiary alicyclic amines) is 2. The Morgan fingerprint density at radius 1 is 1.45 bits per heavy atom. The van der Waals surface area contributed by atoms with E-state index in [-0.39, 0.29) is 18.2 Å². The summed E-state index contributed by atoms with van der Waals surface area (Å²) in [5.74, 6) is -1.65. The van der Waals surface area contributed by atoms with Gasteiger partial charge in [-0.3, -0.25) is 9.59 Å². The van der Waals surface area contributed by atoms with Crippen molar-refractivity contribution >= 4 is 17.8 Å². The van der Waals surface area contributed by atoms with Crippen LogP contribution in [0.1, 0.15) is 19.3 Å². The summed E-state index contributed by atoms with van der Waals surface area (Å²) in [6.07, 6.45) is 1.37. The molecule has 2 aliphatic rings. The van der Waals surface area contributed by atoms with Crippen molar-refractivity contribution in [2.24, 2.45) is 5.92 Å². The average molecular weight is 284 g/mol. The molecule has 0 aromatic rings. The molecule has 2 saturated heterocycles. The first kappa shape index (κ1) is 14.8. The highest BCUT2D eigenvalue weighted by molar-refractivity contribution is 5.91. The zero-order valence-electron chi connectivity index (χ0n) is 11.6. The molecule has 1 N–H and O–H groups in total. The molecule has 2 atom stereocenters. The van der Waals surface area contributed by atoms with E-state index < -0.39 is 17.9 Å². The quantitative estimate of drug-likeness (QED) is 0.739. The Bertz CT molecular complexity index is 412. The van der Waals surface area contributed by atoms with Crippen LogP contribution in [0.15, 0.2) is 0 Å². The molecule has 0 bridgehead atoms. The molecule has 0 aromatic heterocycles. The van der Waals surface area contributed by atoms with Crippen LogP contribution in [0.25, 0.3) is 0 Å². The number of carbonyl (C=O) groups is 3. The fourth-order valence-electron chi connectivity index (χ4n) is 2.88. The fourth-order valence-corrected chi connectivity index (χ4v) is 2.88. The van der Waals surface area contributed by atoms with Crippen LogP contribution in [0.2, 0.25) is 0 Å². The maximum absolute atomic E-state index is 12.4. The molecule has 2 heterocycles. The van der Waals surface area contributed by atoms with Crippen LogP contribution >= 0.6 is 0 Å². The number of hydrogen-bond donors (Lipinski definition) is 1. The van der Waals surface area contributed by atoms with E-state index in [1.807, 2.05) is 0 Å². The summed E-state index contributed by atoms with van der Waals surface area (Å²) < 4.78 is 4.93. The molecule has 7 nitrogen and oxygen atoms in total. The summed E-state index contributed by atoms with van der Waals surface area (Å²) in [7, 11) is 1.56. The molecular formula is C13H20N2O5. The Morgan fingerprint density at radius 3 is 2.85 bits per heavy atom. The summed E-state index contributed by atoms with van der Waals surface area (Å²) in [5, 5.41) is 9.11. The van der Waals surface area contributed by atoms with Crippen LogP contribution < -0.4 is 0 Å². The lowest BCUT2D eigenvalue weighted by Gasteiger charge is -2.24. The average Bonchev–Trinajstić information content (AvgIpc) is 3.02. The summed E-state index contributed by atoms with van der Waals surface area (Å²) in [6.45, 7) is 1.75. The number of methoxy groups -OCH3 is 1. The first-order valence-electron chi connectivity index (χ1n) is 6.84. The predicted molar refractivity (Wildman–Crippen MR) is 68.9 cm³/mol. The normalized spacial score (nSPS) is 26.4. The van der Waals surface area contributed by atoms with Crippen molar-refractivity contribution in [1.82, 2.24) is 9.80 Å². The number of carboxylic acids is 1. The van der Waals surface area contributed by atoms with E-state index in [0.717, 1.165) is 0 Å². The molecule has 2 aliphatic heterocycles. The zero-order valence-corrected chi connectivity index (χ0v) is 11.6. The molecule has 2 amide bonds. The van der Waals surface area contributed by atoms with Crippen LogP contribution in [0.4, 0.5) is 0 Å². The second-order valence-corrected chi connectivity index (χ2v) is 5.26. The van der Waals surface area contributed by atoms with Crippen molar-refractivity contribution in [2.45, 2.75) is 25.3 Å². The van der Waals surface area contributed by atoms with Gasteiger partial charge in [0, 0.05) is 33.2 Å². The molecule has 0 spiro atoms. The molecular weight excluding hydrogens is 264 g/mol. The predicted octanol–water partition coefficient (Wildman–Crippen LogP) is -0.443. The van der Waals surface area contributed by atoms with E-state index >= 15 is 0 Å². The Kier molecular flexibility index (Phi) is 4.59. The standard InChI is InChI=1S/C13H20N2O5/c1-20-6-5-14-8-9(7-11(14)16)12(17)15-4-2-3-10(15)13(18)19/h9-10H,2-8H2,1H3,(H,18,19)/t9?,10-/m1/s1. The zero-order chi connectivity index (χ0) is 14.7. The minimum Gasteiger partial charge on any atom is -0.480 e. The van der Waals surface area contributed by atoms with E-state index in [1.165, 1.54) is 4.90 Å². The topological polar surface area (TPSA) is 87.2 Å². The van der Waals surface area contributed by atoms with Crippen molar-refractivity contribution in [3.05, 3.63) is 0 Å². The fraction of sp³-hybridized carbons (Fsp3) is 0.769. The number of hydrogen-bond acceptors (Lipinski definition) is 4. The van der Waals surface area contributed by atoms with Gasteiger partial charge in [0.2, 0.25) is 11.8 Å². The Hall–Kier alpha value is -1.63. The Labute approximate surface area is 117 Å². The lowest BCUT2D eigenvalue weighted by molar-refractivity contribution is -0.149. The molecule has 2 fully saturated rings. The highest BCUT2D eigenvalue weighted by atomic mass is 16.5. The van der Waals surface area contributed by atoms with E-state index in [2.05, 4.69) is 0 Å². The van der Waals surface area contributed by atoms with Gasteiger partial charge < -0.3 is 19.6 Å². The second kappa shape index (κ2) is 6.21. The Morgan fingerprint density at radius 2 is 2.20 bits per heavy atom. The van der Waals surface area contributed by atoms with Crippen molar-refractivity contribution in [2.75, 3.05) is 33.4 Å². The molecule has 0 aromatic carbocycles. The monoisotopic (exact) mass is 284 g/mol. The van der Waals surface area contributed by atoms with E-state index in [9.17, 15) is 14.4 Å². The molecule has 0 aliphatic carbocycles. The van der Waals surface area contributed by atoms with E-state index in [0.29, 0.717) is 39.1 Å². The van der Waals surface area contributed by atoms with Crippen molar-refractivity contribution in [3.8, 4) is 0 Å². The third-order valence-electron chi connectivity index (χ3n) is 3.95. The SMILES string of the molecule is COCCN1CC(C(=O)N2CCC[C@@H]2C(=O)O)CC1=O. The van der Waals surface area contributed by atoms with Crippen LogP contribution in [0, 0.1) is 5.92 Å². The first-order valence-corrected chi connectivity index (χ1v) is 6.84. The van der Waals surface area contributed by atoms with Gasteiger partial charge in [0.1, 0.15) is 6.04 Å². The third-order valence-corrected chi connectivity index (χ3v) is 3.95. The largest absolute Gasteiger partial charge is 0.480 e. The van der Waals surface area contributed by atoms with Gasteiger partial charge in [-0.2, -0.15) is 0 Å². The summed E-state index contributed by atoms with van der Waals surface area (Å²) in [6, 6.07) is -0.731. The number of ether oxygens (including phenoxy) is 1.